The number of benzene rings is 2. The summed E-state index contributed by atoms with van der Waals surface area (Å²) in [5.74, 6) is 0.140. The first-order valence-electron chi connectivity index (χ1n) is 9.73. The van der Waals surface area contributed by atoms with Crippen LogP contribution < -0.4 is 0 Å². The monoisotopic (exact) mass is 357 g/mol. The van der Waals surface area contributed by atoms with Crippen LogP contribution in [-0.2, 0) is 16.1 Å². The quantitative estimate of drug-likeness (QED) is 0.617. The van der Waals surface area contributed by atoms with Gasteiger partial charge in [-0.15, -0.1) is 0 Å². The molecule has 3 nitrogen and oxygen atoms in total. The van der Waals surface area contributed by atoms with Gasteiger partial charge in [-0.05, 0) is 41.9 Å². The van der Waals surface area contributed by atoms with Crippen molar-refractivity contribution in [2.24, 2.45) is 17.3 Å². The molecule has 1 saturated carbocycles. The zero-order chi connectivity index (χ0) is 18.6. The van der Waals surface area contributed by atoms with E-state index < -0.39 is 5.41 Å². The van der Waals surface area contributed by atoms with Crippen molar-refractivity contribution >= 4 is 11.7 Å². The largest absolute Gasteiger partial charge is 0.331 e. The number of allylic oxidation sites excluding steroid dienone is 2. The Bertz CT molecular complexity index is 948. The van der Waals surface area contributed by atoms with Crippen LogP contribution in [-0.4, -0.2) is 23.1 Å². The van der Waals surface area contributed by atoms with Crippen molar-refractivity contribution in [3.05, 3.63) is 83.4 Å². The summed E-state index contributed by atoms with van der Waals surface area (Å²) in [5.41, 5.74) is 2.92. The highest BCUT2D eigenvalue weighted by Gasteiger charge is 2.66. The standard InChI is InChI=1S/C24H23NO2/c1-16-7-5-6-10-20(16)21-18-11-12-19(13-18)24(21)15-25(23(27)22(24)26)14-17-8-3-2-4-9-17/h2-12,18-19,21H,13-15H2,1H3/t18-,19+,21+,24-/m1/s1. The van der Waals surface area contributed by atoms with Gasteiger partial charge in [-0.2, -0.15) is 0 Å². The maximum atomic E-state index is 13.4. The molecule has 3 aliphatic rings. The summed E-state index contributed by atoms with van der Waals surface area (Å²) < 4.78 is 0. The van der Waals surface area contributed by atoms with E-state index in [1.54, 1.807) is 4.90 Å². The van der Waals surface area contributed by atoms with E-state index in [-0.39, 0.29) is 23.5 Å². The lowest BCUT2D eigenvalue weighted by Gasteiger charge is -2.37. The second-order valence-electron chi connectivity index (χ2n) is 8.24. The molecular weight excluding hydrogens is 334 g/mol. The zero-order valence-corrected chi connectivity index (χ0v) is 15.5. The van der Waals surface area contributed by atoms with Crippen LogP contribution >= 0.6 is 0 Å². The Morgan fingerprint density at radius 2 is 1.74 bits per heavy atom. The fourth-order valence-electron chi connectivity index (χ4n) is 5.67. The molecule has 1 spiro atoms. The van der Waals surface area contributed by atoms with Crippen LogP contribution in [0.25, 0.3) is 0 Å². The van der Waals surface area contributed by atoms with Crippen LogP contribution in [0, 0.1) is 24.2 Å². The van der Waals surface area contributed by atoms with Crippen LogP contribution in [0.4, 0.5) is 0 Å². The molecule has 136 valence electrons. The van der Waals surface area contributed by atoms with E-state index in [0.717, 1.165) is 12.0 Å². The molecule has 1 amide bonds. The third-order valence-corrected chi connectivity index (χ3v) is 6.86. The van der Waals surface area contributed by atoms with Gasteiger partial charge in [0, 0.05) is 19.0 Å². The predicted octanol–water partition coefficient (Wildman–Crippen LogP) is 3.88. The molecule has 2 bridgehead atoms. The van der Waals surface area contributed by atoms with Crippen molar-refractivity contribution < 1.29 is 9.59 Å². The van der Waals surface area contributed by atoms with E-state index in [4.69, 9.17) is 0 Å². The van der Waals surface area contributed by atoms with E-state index >= 15 is 0 Å². The van der Waals surface area contributed by atoms with Crippen LogP contribution in [0.15, 0.2) is 66.7 Å². The number of Topliss-reactive ketones (excluding diaryl/α,β-unsaturated/α-hetero) is 1. The molecule has 5 rings (SSSR count). The molecule has 1 saturated heterocycles. The number of likely N-dealkylation sites (tertiary alicyclic amines) is 1. The first-order chi connectivity index (χ1) is 13.1. The summed E-state index contributed by atoms with van der Waals surface area (Å²) in [6.07, 6.45) is 5.44. The van der Waals surface area contributed by atoms with Crippen molar-refractivity contribution in [1.29, 1.82) is 0 Å². The van der Waals surface area contributed by atoms with Crippen molar-refractivity contribution in [2.75, 3.05) is 6.54 Å². The fourth-order valence-corrected chi connectivity index (χ4v) is 5.67. The van der Waals surface area contributed by atoms with E-state index in [1.165, 1.54) is 11.1 Å². The van der Waals surface area contributed by atoms with Gasteiger partial charge in [0.1, 0.15) is 0 Å². The van der Waals surface area contributed by atoms with Gasteiger partial charge in [0.2, 0.25) is 5.78 Å². The third-order valence-electron chi connectivity index (χ3n) is 6.86. The van der Waals surface area contributed by atoms with Crippen LogP contribution in [0.3, 0.4) is 0 Å². The van der Waals surface area contributed by atoms with Crippen molar-refractivity contribution in [3.63, 3.8) is 0 Å². The maximum Gasteiger partial charge on any atom is 0.290 e. The molecule has 2 fully saturated rings. The minimum atomic E-state index is -0.600. The molecular formula is C24H23NO2. The van der Waals surface area contributed by atoms with Gasteiger partial charge in [-0.25, -0.2) is 0 Å². The maximum absolute atomic E-state index is 13.4. The minimum Gasteiger partial charge on any atom is -0.331 e. The lowest BCUT2D eigenvalue weighted by molar-refractivity contribution is -0.143. The molecule has 0 radical (unpaired) electrons. The van der Waals surface area contributed by atoms with Crippen molar-refractivity contribution in [2.45, 2.75) is 25.8 Å². The topological polar surface area (TPSA) is 37.4 Å². The number of hydrogen-bond acceptors (Lipinski definition) is 2. The van der Waals surface area contributed by atoms with Gasteiger partial charge < -0.3 is 4.90 Å². The smallest absolute Gasteiger partial charge is 0.290 e. The Balaban J connectivity index is 1.56. The molecule has 4 atom stereocenters. The lowest BCUT2D eigenvalue weighted by atomic mass is 9.64. The Morgan fingerprint density at radius 3 is 2.52 bits per heavy atom. The number of amides is 1. The molecule has 0 aromatic heterocycles. The highest BCUT2D eigenvalue weighted by molar-refractivity contribution is 6.40. The third kappa shape index (κ3) is 2.27. The summed E-state index contributed by atoms with van der Waals surface area (Å²) in [4.78, 5) is 28.1. The number of rotatable bonds is 3. The van der Waals surface area contributed by atoms with Crippen molar-refractivity contribution in [3.8, 4) is 0 Å². The number of aryl methyl sites for hydroxylation is 1. The average molecular weight is 357 g/mol. The molecule has 2 aliphatic carbocycles. The van der Waals surface area contributed by atoms with Crippen LogP contribution in [0.5, 0.6) is 0 Å². The molecule has 2 aromatic carbocycles. The minimum absolute atomic E-state index is 0.103. The normalized spacial score (nSPS) is 31.4. The predicted molar refractivity (Wildman–Crippen MR) is 104 cm³/mol. The fraction of sp³-hybridized carbons (Fsp3) is 0.333. The lowest BCUT2D eigenvalue weighted by Crippen LogP contribution is -2.41. The number of hydrogen-bond donors (Lipinski definition) is 0. The average Bonchev–Trinajstić information content (AvgIpc) is 3.34. The summed E-state index contributed by atoms with van der Waals surface area (Å²) in [6, 6.07) is 18.3. The molecule has 0 N–H and O–H groups in total. The molecule has 1 aliphatic heterocycles. The summed E-state index contributed by atoms with van der Waals surface area (Å²) in [6.45, 7) is 3.15. The molecule has 2 aromatic rings. The Morgan fingerprint density at radius 1 is 1.00 bits per heavy atom. The van der Waals surface area contributed by atoms with E-state index in [2.05, 4.69) is 37.3 Å². The number of carbonyl (C=O) groups excluding carboxylic acids is 2. The molecule has 3 heteroatoms. The van der Waals surface area contributed by atoms with E-state index in [9.17, 15) is 9.59 Å². The molecule has 0 unspecified atom stereocenters. The van der Waals surface area contributed by atoms with Gasteiger partial charge in [-0.3, -0.25) is 9.59 Å². The van der Waals surface area contributed by atoms with E-state index in [1.807, 2.05) is 36.4 Å². The van der Waals surface area contributed by atoms with Gasteiger partial charge in [0.25, 0.3) is 5.91 Å². The zero-order valence-electron chi connectivity index (χ0n) is 15.5. The van der Waals surface area contributed by atoms with Gasteiger partial charge in [0.15, 0.2) is 0 Å². The first-order valence-corrected chi connectivity index (χ1v) is 9.73. The second kappa shape index (κ2) is 5.91. The number of ketones is 1. The van der Waals surface area contributed by atoms with Crippen LogP contribution in [0.1, 0.15) is 29.0 Å². The molecule has 27 heavy (non-hydrogen) atoms. The van der Waals surface area contributed by atoms with Crippen molar-refractivity contribution in [1.82, 2.24) is 4.90 Å². The van der Waals surface area contributed by atoms with Crippen LogP contribution in [0.2, 0.25) is 0 Å². The Labute approximate surface area is 159 Å². The summed E-state index contributed by atoms with van der Waals surface area (Å²) in [5, 5.41) is 0. The van der Waals surface area contributed by atoms with Gasteiger partial charge in [-0.1, -0.05) is 66.7 Å². The highest BCUT2D eigenvalue weighted by Crippen LogP contribution is 2.63. The first kappa shape index (κ1) is 16.5. The number of carbonyl (C=O) groups is 2. The summed E-state index contributed by atoms with van der Waals surface area (Å²) in [7, 11) is 0. The SMILES string of the molecule is Cc1ccccc1[C@@H]1[C@@H]2C=C[C@@H](C2)[C@]12CN(Cc1ccccc1)C(=O)C2=O. The van der Waals surface area contributed by atoms with Gasteiger partial charge >= 0.3 is 0 Å². The highest BCUT2D eigenvalue weighted by atomic mass is 16.2. The molecule has 1 heterocycles. The Kier molecular flexibility index (Phi) is 3.61. The number of fused-ring (bicyclic) bond motifs is 3. The summed E-state index contributed by atoms with van der Waals surface area (Å²) >= 11 is 0. The number of nitrogens with zero attached hydrogens (tertiary/aromatic N) is 1. The second-order valence-corrected chi connectivity index (χ2v) is 8.24. The Hall–Kier alpha value is -2.68. The van der Waals surface area contributed by atoms with E-state index in [0.29, 0.717) is 19.0 Å². The van der Waals surface area contributed by atoms with Gasteiger partial charge in [0.05, 0.1) is 5.41 Å².